The number of esters is 3. The molecule has 0 saturated carbocycles. The van der Waals surface area contributed by atoms with E-state index < -0.39 is 0 Å². The maximum atomic E-state index is 12.5. The zero-order chi connectivity index (χ0) is 34.6. The minimum Gasteiger partial charge on any atom is -0.466 e. The van der Waals surface area contributed by atoms with Gasteiger partial charge < -0.3 is 19.1 Å². The van der Waals surface area contributed by atoms with Crippen molar-refractivity contribution >= 4 is 17.9 Å². The van der Waals surface area contributed by atoms with E-state index in [4.69, 9.17) is 14.2 Å². The Morgan fingerprint density at radius 3 is 1.43 bits per heavy atom. The zero-order valence-corrected chi connectivity index (χ0v) is 31.1. The molecule has 0 aliphatic rings. The van der Waals surface area contributed by atoms with Crippen LogP contribution >= 0.6 is 0 Å². The average Bonchev–Trinajstić information content (AvgIpc) is 2.95. The highest BCUT2D eigenvalue weighted by molar-refractivity contribution is 5.70. The first kappa shape index (κ1) is 43.9. The van der Waals surface area contributed by atoms with E-state index in [1.165, 1.54) is 11.1 Å². The highest BCUT2D eigenvalue weighted by atomic mass is 16.5. The number of nitrogens with zero attached hydrogens (tertiary/aromatic N) is 1. The van der Waals surface area contributed by atoms with Crippen molar-refractivity contribution in [2.24, 2.45) is 11.8 Å². The number of ether oxygens (including phenoxy) is 3. The van der Waals surface area contributed by atoms with E-state index in [1.54, 1.807) is 0 Å². The molecule has 0 aliphatic heterocycles. The lowest BCUT2D eigenvalue weighted by Crippen LogP contribution is -2.20. The van der Waals surface area contributed by atoms with E-state index >= 15 is 0 Å². The van der Waals surface area contributed by atoms with Gasteiger partial charge in [0.15, 0.2) is 0 Å². The Balaban J connectivity index is 4.26. The van der Waals surface area contributed by atoms with Crippen LogP contribution in [0.15, 0.2) is 23.3 Å². The first-order valence-corrected chi connectivity index (χ1v) is 18.3. The Morgan fingerprint density at radius 1 is 0.587 bits per heavy atom. The quantitative estimate of drug-likeness (QED) is 0.0345. The molecule has 0 aromatic rings. The second-order valence-electron chi connectivity index (χ2n) is 14.2. The molecular formula is C39H71NO6. The number of allylic oxidation sites excluding steroid dienone is 4. The normalized spacial score (nSPS) is 13.1. The summed E-state index contributed by atoms with van der Waals surface area (Å²) in [6.07, 6.45) is 20.2. The van der Waals surface area contributed by atoms with Crippen molar-refractivity contribution < 1.29 is 28.6 Å². The van der Waals surface area contributed by atoms with Gasteiger partial charge in [0.25, 0.3) is 0 Å². The fourth-order valence-corrected chi connectivity index (χ4v) is 5.28. The van der Waals surface area contributed by atoms with Gasteiger partial charge in [-0.1, -0.05) is 62.8 Å². The molecule has 0 rings (SSSR count). The number of unbranched alkanes of at least 4 members (excludes halogenated alkanes) is 6. The summed E-state index contributed by atoms with van der Waals surface area (Å²) >= 11 is 0. The molecule has 0 aliphatic carbocycles. The van der Waals surface area contributed by atoms with E-state index in [1.807, 2.05) is 14.1 Å². The summed E-state index contributed by atoms with van der Waals surface area (Å²) in [6, 6.07) is 0. The van der Waals surface area contributed by atoms with Crippen molar-refractivity contribution in [2.45, 2.75) is 163 Å². The SMILES string of the molecule is CC(C)=CCCC(C)CC(=O)OCCCCCCC(CCCCCCOC(=O)CC(C)CCC=C(C)C)OC(=O)CCCN(C)C. The lowest BCUT2D eigenvalue weighted by molar-refractivity contribution is -0.150. The second kappa shape index (κ2) is 29.0. The zero-order valence-electron chi connectivity index (χ0n) is 31.1. The Morgan fingerprint density at radius 2 is 1.02 bits per heavy atom. The van der Waals surface area contributed by atoms with E-state index in [2.05, 4.69) is 58.6 Å². The van der Waals surface area contributed by atoms with Crippen LogP contribution in [0, 0.1) is 11.8 Å². The molecule has 0 aromatic heterocycles. The van der Waals surface area contributed by atoms with Gasteiger partial charge in [0.05, 0.1) is 13.2 Å². The van der Waals surface area contributed by atoms with E-state index in [9.17, 15) is 14.4 Å². The van der Waals surface area contributed by atoms with Gasteiger partial charge in [0.1, 0.15) is 6.10 Å². The Hall–Kier alpha value is -2.15. The van der Waals surface area contributed by atoms with Crippen molar-refractivity contribution in [3.63, 3.8) is 0 Å². The van der Waals surface area contributed by atoms with Crippen molar-refractivity contribution in [3.05, 3.63) is 23.3 Å². The Kier molecular flexibility index (Phi) is 27.7. The highest BCUT2D eigenvalue weighted by Crippen LogP contribution is 2.18. The molecule has 7 heteroatoms. The van der Waals surface area contributed by atoms with Gasteiger partial charge in [-0.25, -0.2) is 0 Å². The van der Waals surface area contributed by atoms with Crippen LogP contribution in [0.4, 0.5) is 0 Å². The van der Waals surface area contributed by atoms with Crippen LogP contribution in [0.5, 0.6) is 0 Å². The highest BCUT2D eigenvalue weighted by Gasteiger charge is 2.15. The standard InChI is InChI=1S/C39H71NO6/c1-32(2)20-17-22-34(5)30-38(42)44-28-15-11-9-13-24-36(46-37(41)26-19-27-40(7)8)25-14-10-12-16-29-45-39(43)31-35(6)23-18-21-33(3)4/h20-21,34-36H,9-19,22-31H2,1-8H3. The molecule has 2 atom stereocenters. The Labute approximate surface area is 283 Å². The molecular weight excluding hydrogens is 578 g/mol. The fourth-order valence-electron chi connectivity index (χ4n) is 5.28. The number of hydrogen-bond acceptors (Lipinski definition) is 7. The second-order valence-corrected chi connectivity index (χ2v) is 14.2. The average molecular weight is 650 g/mol. The molecule has 7 nitrogen and oxygen atoms in total. The van der Waals surface area contributed by atoms with Crippen LogP contribution in [0.3, 0.4) is 0 Å². The predicted octanol–water partition coefficient (Wildman–Crippen LogP) is 9.77. The summed E-state index contributed by atoms with van der Waals surface area (Å²) in [7, 11) is 4.02. The third-order valence-corrected chi connectivity index (χ3v) is 8.11. The molecule has 0 spiro atoms. The molecule has 0 aromatic carbocycles. The number of carbonyl (C=O) groups is 3. The van der Waals surface area contributed by atoms with Crippen LogP contribution in [0.25, 0.3) is 0 Å². The minimum absolute atomic E-state index is 0.0526. The summed E-state index contributed by atoms with van der Waals surface area (Å²) in [5.74, 6) is 0.388. The molecule has 0 saturated heterocycles. The topological polar surface area (TPSA) is 82.1 Å². The predicted molar refractivity (Wildman–Crippen MR) is 191 cm³/mol. The lowest BCUT2D eigenvalue weighted by atomic mass is 10.0. The van der Waals surface area contributed by atoms with E-state index in [-0.39, 0.29) is 24.0 Å². The first-order chi connectivity index (χ1) is 21.9. The number of rotatable bonds is 29. The van der Waals surface area contributed by atoms with Gasteiger partial charge in [0, 0.05) is 19.3 Å². The third kappa shape index (κ3) is 30.5. The molecule has 0 amide bonds. The van der Waals surface area contributed by atoms with Crippen LogP contribution in [-0.2, 0) is 28.6 Å². The molecule has 2 unspecified atom stereocenters. The maximum Gasteiger partial charge on any atom is 0.306 e. The molecule has 0 heterocycles. The van der Waals surface area contributed by atoms with Crippen LogP contribution in [0.2, 0.25) is 0 Å². The van der Waals surface area contributed by atoms with Crippen molar-refractivity contribution in [1.82, 2.24) is 4.90 Å². The van der Waals surface area contributed by atoms with Crippen molar-refractivity contribution in [1.29, 1.82) is 0 Å². The van der Waals surface area contributed by atoms with Crippen LogP contribution in [0.1, 0.15) is 157 Å². The molecule has 0 bridgehead atoms. The smallest absolute Gasteiger partial charge is 0.306 e. The van der Waals surface area contributed by atoms with Gasteiger partial charge in [0.2, 0.25) is 0 Å². The number of carbonyl (C=O) groups excluding carboxylic acids is 3. The molecule has 46 heavy (non-hydrogen) atoms. The van der Waals surface area contributed by atoms with E-state index in [0.717, 1.165) is 103 Å². The maximum absolute atomic E-state index is 12.5. The summed E-state index contributed by atoms with van der Waals surface area (Å²) in [4.78, 5) is 38.8. The summed E-state index contributed by atoms with van der Waals surface area (Å²) in [6.45, 7) is 14.4. The van der Waals surface area contributed by atoms with Crippen molar-refractivity contribution in [2.75, 3.05) is 33.9 Å². The van der Waals surface area contributed by atoms with Gasteiger partial charge in [-0.3, -0.25) is 14.4 Å². The Bertz CT molecular complexity index is 801. The fraction of sp³-hybridized carbons (Fsp3) is 0.821. The summed E-state index contributed by atoms with van der Waals surface area (Å²) < 4.78 is 16.8. The van der Waals surface area contributed by atoms with Crippen LogP contribution < -0.4 is 0 Å². The first-order valence-electron chi connectivity index (χ1n) is 18.3. The van der Waals surface area contributed by atoms with Crippen molar-refractivity contribution in [3.8, 4) is 0 Å². The summed E-state index contributed by atoms with van der Waals surface area (Å²) in [5.41, 5.74) is 2.63. The van der Waals surface area contributed by atoms with Gasteiger partial charge in [-0.2, -0.15) is 0 Å². The lowest BCUT2D eigenvalue weighted by Gasteiger charge is -2.18. The van der Waals surface area contributed by atoms with Gasteiger partial charge >= 0.3 is 17.9 Å². The minimum atomic E-state index is -0.101. The molecule has 268 valence electrons. The van der Waals surface area contributed by atoms with E-state index in [0.29, 0.717) is 44.3 Å². The number of hydrogen-bond donors (Lipinski definition) is 0. The monoisotopic (exact) mass is 650 g/mol. The summed E-state index contributed by atoms with van der Waals surface area (Å²) in [5, 5.41) is 0. The third-order valence-electron chi connectivity index (χ3n) is 8.11. The largest absolute Gasteiger partial charge is 0.466 e. The molecule has 0 N–H and O–H groups in total. The van der Waals surface area contributed by atoms with Gasteiger partial charge in [-0.05, 0) is 131 Å². The molecule has 0 radical (unpaired) electrons. The molecule has 0 fully saturated rings. The van der Waals surface area contributed by atoms with Crippen LogP contribution in [-0.4, -0.2) is 62.8 Å². The van der Waals surface area contributed by atoms with Gasteiger partial charge in [-0.15, -0.1) is 0 Å².